The van der Waals surface area contributed by atoms with Crippen molar-refractivity contribution in [3.8, 4) is 0 Å². The van der Waals surface area contributed by atoms with Gasteiger partial charge in [-0.25, -0.2) is 4.39 Å². The average Bonchev–Trinajstić information content (AvgIpc) is 1.95. The molecular weight excluding hydrogens is 129 g/mol. The van der Waals surface area contributed by atoms with Gasteiger partial charge in [-0.05, 0) is 24.6 Å². The molecular formula is C8H11FN+. The van der Waals surface area contributed by atoms with Crippen LogP contribution in [0.2, 0.25) is 0 Å². The Kier molecular flexibility index (Phi) is 2.02. The molecule has 0 bridgehead atoms. The van der Waals surface area contributed by atoms with Gasteiger partial charge in [0.2, 0.25) is 0 Å². The highest BCUT2D eigenvalue weighted by Gasteiger charge is 1.96. The van der Waals surface area contributed by atoms with E-state index in [4.69, 9.17) is 0 Å². The molecule has 0 atom stereocenters. The van der Waals surface area contributed by atoms with Crippen molar-refractivity contribution in [3.05, 3.63) is 35.1 Å². The Morgan fingerprint density at radius 3 is 2.70 bits per heavy atom. The van der Waals surface area contributed by atoms with Crippen LogP contribution < -0.4 is 5.73 Å². The van der Waals surface area contributed by atoms with Crippen LogP contribution in [0, 0.1) is 12.7 Å². The maximum atomic E-state index is 12.6. The van der Waals surface area contributed by atoms with Crippen LogP contribution in [0.1, 0.15) is 11.1 Å². The van der Waals surface area contributed by atoms with E-state index in [1.54, 1.807) is 13.0 Å². The van der Waals surface area contributed by atoms with Crippen LogP contribution in [0.5, 0.6) is 0 Å². The third-order valence-electron chi connectivity index (χ3n) is 1.51. The van der Waals surface area contributed by atoms with E-state index in [9.17, 15) is 4.39 Å². The van der Waals surface area contributed by atoms with Gasteiger partial charge < -0.3 is 5.73 Å². The molecule has 0 spiro atoms. The lowest BCUT2D eigenvalue weighted by Crippen LogP contribution is -2.47. The summed E-state index contributed by atoms with van der Waals surface area (Å²) in [6.45, 7) is 2.48. The minimum atomic E-state index is -0.141. The minimum Gasteiger partial charge on any atom is -0.354 e. The van der Waals surface area contributed by atoms with Crippen molar-refractivity contribution in [2.24, 2.45) is 0 Å². The van der Waals surface area contributed by atoms with Crippen molar-refractivity contribution < 1.29 is 10.1 Å². The molecule has 0 amide bonds. The maximum Gasteiger partial charge on any atom is 0.126 e. The van der Waals surface area contributed by atoms with Crippen molar-refractivity contribution in [1.29, 1.82) is 0 Å². The van der Waals surface area contributed by atoms with E-state index in [0.717, 1.165) is 12.1 Å². The van der Waals surface area contributed by atoms with Crippen molar-refractivity contribution in [2.45, 2.75) is 13.5 Å². The summed E-state index contributed by atoms with van der Waals surface area (Å²) in [6.07, 6.45) is 0. The molecule has 0 heterocycles. The zero-order valence-corrected chi connectivity index (χ0v) is 6.02. The third-order valence-corrected chi connectivity index (χ3v) is 1.51. The molecule has 10 heavy (non-hydrogen) atoms. The van der Waals surface area contributed by atoms with Gasteiger partial charge in [-0.3, -0.25) is 0 Å². The molecule has 0 saturated heterocycles. The summed E-state index contributed by atoms with van der Waals surface area (Å²) in [6, 6.07) is 5.06. The fourth-order valence-corrected chi connectivity index (χ4v) is 0.862. The molecule has 1 nitrogen and oxygen atoms in total. The number of hydrogen-bond acceptors (Lipinski definition) is 0. The molecule has 0 aliphatic rings. The molecule has 1 aromatic carbocycles. The Bertz CT molecular complexity index is 233. The molecule has 1 rings (SSSR count). The standard InChI is InChI=1S/C8H10FN/c1-6-4-7(5-10)2-3-8(6)9/h2-4H,5,10H2,1H3/p+1. The molecule has 0 aliphatic carbocycles. The summed E-state index contributed by atoms with van der Waals surface area (Å²) >= 11 is 0. The van der Waals surface area contributed by atoms with Crippen LogP contribution in [0.15, 0.2) is 18.2 Å². The Hall–Kier alpha value is -0.890. The third kappa shape index (κ3) is 1.33. The molecule has 0 unspecified atom stereocenters. The van der Waals surface area contributed by atoms with Crippen LogP contribution in [0.4, 0.5) is 4.39 Å². The number of hydrogen-bond donors (Lipinski definition) is 1. The van der Waals surface area contributed by atoms with E-state index in [0.29, 0.717) is 5.56 Å². The molecule has 2 heteroatoms. The van der Waals surface area contributed by atoms with E-state index in [2.05, 4.69) is 5.73 Å². The Balaban J connectivity index is 3.04. The summed E-state index contributed by atoms with van der Waals surface area (Å²) in [5.41, 5.74) is 5.48. The molecule has 3 N–H and O–H groups in total. The van der Waals surface area contributed by atoms with Gasteiger partial charge in [0.25, 0.3) is 0 Å². The minimum absolute atomic E-state index is 0.141. The zero-order valence-electron chi connectivity index (χ0n) is 6.02. The van der Waals surface area contributed by atoms with Crippen LogP contribution in [-0.2, 0) is 6.54 Å². The van der Waals surface area contributed by atoms with E-state index >= 15 is 0 Å². The summed E-state index contributed by atoms with van der Waals surface area (Å²) in [4.78, 5) is 0. The first-order chi connectivity index (χ1) is 4.74. The van der Waals surface area contributed by atoms with Gasteiger partial charge in [0.1, 0.15) is 5.82 Å². The molecule has 0 fully saturated rings. The smallest absolute Gasteiger partial charge is 0.126 e. The van der Waals surface area contributed by atoms with E-state index in [1.807, 2.05) is 6.07 Å². The molecule has 54 valence electrons. The Morgan fingerprint density at radius 1 is 1.50 bits per heavy atom. The topological polar surface area (TPSA) is 27.6 Å². The molecule has 0 radical (unpaired) electrons. The second-order valence-corrected chi connectivity index (χ2v) is 2.33. The van der Waals surface area contributed by atoms with E-state index in [-0.39, 0.29) is 5.82 Å². The lowest BCUT2D eigenvalue weighted by molar-refractivity contribution is -0.386. The highest BCUT2D eigenvalue weighted by molar-refractivity contribution is 5.22. The van der Waals surface area contributed by atoms with Crippen molar-refractivity contribution in [1.82, 2.24) is 0 Å². The van der Waals surface area contributed by atoms with Gasteiger partial charge in [-0.15, -0.1) is 0 Å². The fourth-order valence-electron chi connectivity index (χ4n) is 0.862. The van der Waals surface area contributed by atoms with Gasteiger partial charge in [0.05, 0.1) is 6.54 Å². The predicted molar refractivity (Wildman–Crippen MR) is 37.7 cm³/mol. The summed E-state index contributed by atoms with van der Waals surface area (Å²) < 4.78 is 12.6. The van der Waals surface area contributed by atoms with Gasteiger partial charge in [-0.1, -0.05) is 6.07 Å². The van der Waals surface area contributed by atoms with Crippen molar-refractivity contribution >= 4 is 0 Å². The number of aryl methyl sites for hydroxylation is 1. The quantitative estimate of drug-likeness (QED) is 0.599. The number of rotatable bonds is 1. The lowest BCUT2D eigenvalue weighted by Gasteiger charge is -1.96. The normalized spacial score (nSPS) is 9.90. The second-order valence-electron chi connectivity index (χ2n) is 2.33. The largest absolute Gasteiger partial charge is 0.354 e. The van der Waals surface area contributed by atoms with Crippen LogP contribution in [0.25, 0.3) is 0 Å². The lowest BCUT2D eigenvalue weighted by atomic mass is 10.1. The molecule has 0 saturated carbocycles. The molecule has 0 aromatic heterocycles. The van der Waals surface area contributed by atoms with Gasteiger partial charge >= 0.3 is 0 Å². The SMILES string of the molecule is Cc1cc(C[NH3+])ccc1F. The average molecular weight is 140 g/mol. The van der Waals surface area contributed by atoms with E-state index < -0.39 is 0 Å². The fraction of sp³-hybridized carbons (Fsp3) is 0.250. The molecule has 0 aliphatic heterocycles. The number of benzene rings is 1. The summed E-state index contributed by atoms with van der Waals surface area (Å²) in [7, 11) is 0. The first-order valence-corrected chi connectivity index (χ1v) is 3.28. The van der Waals surface area contributed by atoms with Crippen molar-refractivity contribution in [2.75, 3.05) is 0 Å². The van der Waals surface area contributed by atoms with Crippen LogP contribution in [0.3, 0.4) is 0 Å². The van der Waals surface area contributed by atoms with Gasteiger partial charge in [-0.2, -0.15) is 0 Å². The van der Waals surface area contributed by atoms with Crippen LogP contribution >= 0.6 is 0 Å². The van der Waals surface area contributed by atoms with Crippen LogP contribution in [-0.4, -0.2) is 0 Å². The van der Waals surface area contributed by atoms with Gasteiger partial charge in [0.15, 0.2) is 0 Å². The van der Waals surface area contributed by atoms with E-state index in [1.165, 1.54) is 6.07 Å². The second kappa shape index (κ2) is 2.80. The zero-order chi connectivity index (χ0) is 7.56. The Labute approximate surface area is 59.7 Å². The summed E-state index contributed by atoms with van der Waals surface area (Å²) in [5.74, 6) is -0.141. The highest BCUT2D eigenvalue weighted by atomic mass is 19.1. The Morgan fingerprint density at radius 2 is 2.20 bits per heavy atom. The number of quaternary nitrogens is 1. The monoisotopic (exact) mass is 140 g/mol. The number of halogens is 1. The predicted octanol–water partition coefficient (Wildman–Crippen LogP) is 0.876. The first kappa shape index (κ1) is 7.22. The highest BCUT2D eigenvalue weighted by Crippen LogP contribution is 2.07. The van der Waals surface area contributed by atoms with Crippen molar-refractivity contribution in [3.63, 3.8) is 0 Å². The van der Waals surface area contributed by atoms with Gasteiger partial charge in [0, 0.05) is 5.56 Å². The maximum absolute atomic E-state index is 12.6. The molecule has 1 aromatic rings. The summed E-state index contributed by atoms with van der Waals surface area (Å²) in [5, 5.41) is 0. The first-order valence-electron chi connectivity index (χ1n) is 3.28.